The monoisotopic (exact) mass is 519 g/mol. The molecular formula is C20H38IN7O. The fourth-order valence-electron chi connectivity index (χ4n) is 3.98. The van der Waals surface area contributed by atoms with Gasteiger partial charge in [0.15, 0.2) is 5.96 Å². The Balaban J connectivity index is 0.00000300. The van der Waals surface area contributed by atoms with Crippen LogP contribution in [0.1, 0.15) is 51.2 Å². The van der Waals surface area contributed by atoms with Crippen LogP contribution in [0.3, 0.4) is 0 Å². The molecule has 2 N–H and O–H groups in total. The third-order valence-corrected chi connectivity index (χ3v) is 5.83. The van der Waals surface area contributed by atoms with E-state index in [1.807, 2.05) is 7.05 Å². The average molecular weight is 519 g/mol. The van der Waals surface area contributed by atoms with E-state index in [9.17, 15) is 0 Å². The molecule has 29 heavy (non-hydrogen) atoms. The SMILES string of the molecule is CN=C(NCCCc1nnc2n1CCCCC2)NCC(C)(C)N1CCOCC1.I. The van der Waals surface area contributed by atoms with Crippen LogP contribution < -0.4 is 10.6 Å². The maximum Gasteiger partial charge on any atom is 0.191 e. The summed E-state index contributed by atoms with van der Waals surface area (Å²) in [7, 11) is 1.83. The molecule has 0 unspecified atom stereocenters. The third-order valence-electron chi connectivity index (χ3n) is 5.83. The van der Waals surface area contributed by atoms with Crippen LogP contribution in [0.15, 0.2) is 4.99 Å². The predicted octanol–water partition coefficient (Wildman–Crippen LogP) is 1.83. The number of aliphatic imine (C=N–C) groups is 1. The maximum atomic E-state index is 5.47. The van der Waals surface area contributed by atoms with Gasteiger partial charge in [0, 0.05) is 58.2 Å². The number of guanidine groups is 1. The molecule has 1 fully saturated rings. The van der Waals surface area contributed by atoms with Gasteiger partial charge in [0.1, 0.15) is 11.6 Å². The fraction of sp³-hybridized carbons (Fsp3) is 0.850. The summed E-state index contributed by atoms with van der Waals surface area (Å²) in [4.78, 5) is 6.85. The first-order valence-electron chi connectivity index (χ1n) is 10.8. The Labute approximate surface area is 192 Å². The van der Waals surface area contributed by atoms with E-state index < -0.39 is 0 Å². The minimum absolute atomic E-state index is 0. The number of halogens is 1. The van der Waals surface area contributed by atoms with E-state index >= 15 is 0 Å². The number of morpholine rings is 1. The number of rotatable bonds is 7. The second kappa shape index (κ2) is 12.0. The normalized spacial score (nSPS) is 18.5. The molecule has 0 bridgehead atoms. The quantitative estimate of drug-likeness (QED) is 0.248. The van der Waals surface area contributed by atoms with Crippen molar-refractivity contribution in [3.05, 3.63) is 11.6 Å². The first kappa shape index (κ1) is 24.3. The number of ether oxygens (including phenoxy) is 1. The van der Waals surface area contributed by atoms with E-state index in [-0.39, 0.29) is 29.5 Å². The van der Waals surface area contributed by atoms with E-state index in [1.54, 1.807) is 0 Å². The van der Waals surface area contributed by atoms with E-state index in [1.165, 1.54) is 25.1 Å². The second-order valence-electron chi connectivity index (χ2n) is 8.36. The lowest BCUT2D eigenvalue weighted by Gasteiger charge is -2.41. The molecular weight excluding hydrogens is 481 g/mol. The molecule has 0 aliphatic carbocycles. The summed E-state index contributed by atoms with van der Waals surface area (Å²) < 4.78 is 7.81. The second-order valence-corrected chi connectivity index (χ2v) is 8.36. The fourth-order valence-corrected chi connectivity index (χ4v) is 3.98. The van der Waals surface area contributed by atoms with Crippen LogP contribution in [-0.4, -0.2) is 77.6 Å². The molecule has 166 valence electrons. The number of hydrogen-bond donors (Lipinski definition) is 2. The van der Waals surface area contributed by atoms with Crippen LogP contribution in [0.2, 0.25) is 0 Å². The van der Waals surface area contributed by atoms with Crippen LogP contribution in [0.25, 0.3) is 0 Å². The number of aromatic nitrogens is 3. The van der Waals surface area contributed by atoms with Crippen molar-refractivity contribution >= 4 is 29.9 Å². The molecule has 9 heteroatoms. The highest BCUT2D eigenvalue weighted by molar-refractivity contribution is 14.0. The van der Waals surface area contributed by atoms with Gasteiger partial charge in [-0.05, 0) is 33.1 Å². The van der Waals surface area contributed by atoms with Gasteiger partial charge >= 0.3 is 0 Å². The smallest absolute Gasteiger partial charge is 0.191 e. The predicted molar refractivity (Wildman–Crippen MR) is 127 cm³/mol. The van der Waals surface area contributed by atoms with Crippen molar-refractivity contribution < 1.29 is 4.74 Å². The Morgan fingerprint density at radius 3 is 2.66 bits per heavy atom. The Morgan fingerprint density at radius 1 is 1.10 bits per heavy atom. The number of hydrogen-bond acceptors (Lipinski definition) is 5. The van der Waals surface area contributed by atoms with Gasteiger partial charge in [-0.2, -0.15) is 0 Å². The molecule has 0 radical (unpaired) electrons. The van der Waals surface area contributed by atoms with Gasteiger partial charge in [0.25, 0.3) is 0 Å². The molecule has 0 atom stereocenters. The molecule has 0 saturated carbocycles. The molecule has 8 nitrogen and oxygen atoms in total. The molecule has 0 amide bonds. The van der Waals surface area contributed by atoms with Gasteiger partial charge < -0.3 is 19.9 Å². The molecule has 3 rings (SSSR count). The Bertz CT molecular complexity index is 641. The van der Waals surface area contributed by atoms with Crippen molar-refractivity contribution in [2.45, 2.75) is 64.5 Å². The van der Waals surface area contributed by atoms with Crippen LogP contribution in [0, 0.1) is 0 Å². The molecule has 0 aromatic carbocycles. The standard InChI is InChI=1S/C20H37N7O.HI/c1-20(2,26-12-14-28-15-13-26)16-23-19(21-3)22-10-7-9-18-25-24-17-8-5-4-6-11-27(17)18;/h4-16H2,1-3H3,(H2,21,22,23);1H. The zero-order chi connectivity index (χ0) is 19.8. The Hall–Kier alpha value is -0.940. The van der Waals surface area contributed by atoms with E-state index in [4.69, 9.17) is 4.74 Å². The van der Waals surface area contributed by atoms with Crippen molar-refractivity contribution in [2.75, 3.05) is 46.4 Å². The van der Waals surface area contributed by atoms with Gasteiger partial charge in [-0.3, -0.25) is 9.89 Å². The molecule has 1 aromatic rings. The lowest BCUT2D eigenvalue weighted by molar-refractivity contribution is -0.00833. The largest absolute Gasteiger partial charge is 0.379 e. The minimum Gasteiger partial charge on any atom is -0.379 e. The molecule has 2 aliphatic rings. The van der Waals surface area contributed by atoms with E-state index in [0.717, 1.165) is 77.0 Å². The van der Waals surface area contributed by atoms with Crippen molar-refractivity contribution in [1.82, 2.24) is 30.3 Å². The average Bonchev–Trinajstić information content (AvgIpc) is 2.94. The summed E-state index contributed by atoms with van der Waals surface area (Å²) in [5, 5.41) is 15.7. The molecule has 3 heterocycles. The van der Waals surface area contributed by atoms with Crippen LogP contribution in [-0.2, 0) is 24.1 Å². The number of fused-ring (bicyclic) bond motifs is 1. The van der Waals surface area contributed by atoms with Gasteiger partial charge in [-0.15, -0.1) is 34.2 Å². The zero-order valence-corrected chi connectivity index (χ0v) is 20.6. The van der Waals surface area contributed by atoms with Crippen molar-refractivity contribution in [2.24, 2.45) is 4.99 Å². The van der Waals surface area contributed by atoms with Crippen LogP contribution in [0.4, 0.5) is 0 Å². The maximum absolute atomic E-state index is 5.47. The summed E-state index contributed by atoms with van der Waals surface area (Å²) in [5.41, 5.74) is 0.0699. The summed E-state index contributed by atoms with van der Waals surface area (Å²) in [6.07, 6.45) is 6.82. The highest BCUT2D eigenvalue weighted by Gasteiger charge is 2.28. The van der Waals surface area contributed by atoms with Crippen molar-refractivity contribution in [1.29, 1.82) is 0 Å². The summed E-state index contributed by atoms with van der Waals surface area (Å²) >= 11 is 0. The van der Waals surface area contributed by atoms with Gasteiger partial charge in [0.05, 0.1) is 13.2 Å². The zero-order valence-electron chi connectivity index (χ0n) is 18.2. The molecule has 0 spiro atoms. The highest BCUT2D eigenvalue weighted by Crippen LogP contribution is 2.16. The summed E-state index contributed by atoms with van der Waals surface area (Å²) in [6.45, 7) is 11.0. The van der Waals surface area contributed by atoms with Crippen LogP contribution >= 0.6 is 24.0 Å². The van der Waals surface area contributed by atoms with Crippen molar-refractivity contribution in [3.63, 3.8) is 0 Å². The minimum atomic E-state index is 0. The molecule has 1 aromatic heterocycles. The number of aryl methyl sites for hydroxylation is 2. The lowest BCUT2D eigenvalue weighted by atomic mass is 10.0. The molecule has 1 saturated heterocycles. The van der Waals surface area contributed by atoms with Gasteiger partial charge in [-0.25, -0.2) is 0 Å². The number of nitrogens with one attached hydrogen (secondary N) is 2. The lowest BCUT2D eigenvalue weighted by Crippen LogP contribution is -2.56. The first-order chi connectivity index (χ1) is 13.6. The van der Waals surface area contributed by atoms with Crippen LogP contribution in [0.5, 0.6) is 0 Å². The topological polar surface area (TPSA) is 79.6 Å². The van der Waals surface area contributed by atoms with Gasteiger partial charge in [0.2, 0.25) is 0 Å². The van der Waals surface area contributed by atoms with E-state index in [2.05, 4.69) is 49.1 Å². The van der Waals surface area contributed by atoms with Gasteiger partial charge in [-0.1, -0.05) is 6.42 Å². The number of nitrogens with zero attached hydrogens (tertiary/aromatic N) is 5. The van der Waals surface area contributed by atoms with E-state index in [0.29, 0.717) is 0 Å². The summed E-state index contributed by atoms with van der Waals surface area (Å²) in [6, 6.07) is 0. The Kier molecular flexibility index (Phi) is 10.1. The molecule has 2 aliphatic heterocycles. The summed E-state index contributed by atoms with van der Waals surface area (Å²) in [5.74, 6) is 3.17. The first-order valence-corrected chi connectivity index (χ1v) is 10.8. The van der Waals surface area contributed by atoms with Crippen molar-refractivity contribution in [3.8, 4) is 0 Å². The third kappa shape index (κ3) is 7.06. The highest BCUT2D eigenvalue weighted by atomic mass is 127. The Morgan fingerprint density at radius 2 is 1.90 bits per heavy atom.